The molecule has 130 valence electrons. The number of para-hydroxylation sites is 3. The van der Waals surface area contributed by atoms with Crippen molar-refractivity contribution in [3.63, 3.8) is 0 Å². The van der Waals surface area contributed by atoms with Crippen molar-refractivity contribution in [2.75, 3.05) is 29.5 Å². The quantitative estimate of drug-likeness (QED) is 0.770. The van der Waals surface area contributed by atoms with Crippen molar-refractivity contribution in [3.05, 3.63) is 53.6 Å². The van der Waals surface area contributed by atoms with Gasteiger partial charge in [-0.1, -0.05) is 42.8 Å². The fraction of sp³-hybridized carbons (Fsp3) is 0.263. The third-order valence-electron chi connectivity index (χ3n) is 4.18. The van der Waals surface area contributed by atoms with Crippen molar-refractivity contribution < 1.29 is 14.3 Å². The molecule has 3 rings (SSSR count). The molecule has 1 heterocycles. The normalized spacial score (nSPS) is 17.0. The van der Waals surface area contributed by atoms with Crippen LogP contribution in [0.5, 0.6) is 5.75 Å². The number of nitrogens with zero attached hydrogens (tertiary/aromatic N) is 2. The lowest BCUT2D eigenvalue weighted by atomic mass is 10.1. The molecular formula is C19H19ClN2O3. The molecule has 0 bridgehead atoms. The Hall–Kier alpha value is -2.53. The van der Waals surface area contributed by atoms with Crippen LogP contribution in [0, 0.1) is 5.92 Å². The SMILES string of the molecule is CC1CN(C=O)c2ccccc2N(CCOc2ccccc2Cl)C1=O. The second-order valence-electron chi connectivity index (χ2n) is 5.92. The van der Waals surface area contributed by atoms with E-state index in [1.165, 1.54) is 0 Å². The molecule has 2 amide bonds. The predicted octanol–water partition coefficient (Wildman–Crippen LogP) is 3.36. The molecule has 6 heteroatoms. The third-order valence-corrected chi connectivity index (χ3v) is 4.49. The molecule has 0 saturated heterocycles. The molecule has 1 aliphatic rings. The van der Waals surface area contributed by atoms with Crippen LogP contribution in [0.25, 0.3) is 0 Å². The Labute approximate surface area is 151 Å². The molecule has 0 fully saturated rings. The lowest BCUT2D eigenvalue weighted by molar-refractivity contribution is -0.121. The van der Waals surface area contributed by atoms with Crippen LogP contribution in [0.2, 0.25) is 5.02 Å². The summed E-state index contributed by atoms with van der Waals surface area (Å²) in [6, 6.07) is 14.6. The Balaban J connectivity index is 1.81. The molecular weight excluding hydrogens is 340 g/mol. The Kier molecular flexibility index (Phi) is 5.24. The summed E-state index contributed by atoms with van der Waals surface area (Å²) < 4.78 is 5.72. The summed E-state index contributed by atoms with van der Waals surface area (Å²) in [5, 5.41) is 0.533. The summed E-state index contributed by atoms with van der Waals surface area (Å²) in [7, 11) is 0. The van der Waals surface area contributed by atoms with Gasteiger partial charge < -0.3 is 14.5 Å². The average Bonchev–Trinajstić information content (AvgIpc) is 2.73. The van der Waals surface area contributed by atoms with Crippen molar-refractivity contribution in [2.24, 2.45) is 5.92 Å². The van der Waals surface area contributed by atoms with Crippen LogP contribution in [0.1, 0.15) is 6.92 Å². The van der Waals surface area contributed by atoms with E-state index < -0.39 is 0 Å². The summed E-state index contributed by atoms with van der Waals surface area (Å²) in [6.07, 6.45) is 0.770. The first-order valence-electron chi connectivity index (χ1n) is 8.11. The fourth-order valence-electron chi connectivity index (χ4n) is 2.93. The molecule has 0 saturated carbocycles. The van der Waals surface area contributed by atoms with E-state index in [-0.39, 0.29) is 11.8 Å². The van der Waals surface area contributed by atoms with Crippen LogP contribution in [0.4, 0.5) is 11.4 Å². The Morgan fingerprint density at radius 1 is 1.16 bits per heavy atom. The lowest BCUT2D eigenvalue weighted by Gasteiger charge is -2.24. The second kappa shape index (κ2) is 7.57. The first-order chi connectivity index (χ1) is 12.1. The van der Waals surface area contributed by atoms with E-state index >= 15 is 0 Å². The molecule has 1 unspecified atom stereocenters. The van der Waals surface area contributed by atoms with Crippen LogP contribution in [-0.2, 0) is 9.59 Å². The Bertz CT molecular complexity index is 781. The topological polar surface area (TPSA) is 49.9 Å². The molecule has 2 aromatic carbocycles. The molecule has 2 aromatic rings. The van der Waals surface area contributed by atoms with Crippen molar-refractivity contribution >= 4 is 35.3 Å². The van der Waals surface area contributed by atoms with Gasteiger partial charge in [-0.3, -0.25) is 9.59 Å². The van der Waals surface area contributed by atoms with Gasteiger partial charge in [0.25, 0.3) is 0 Å². The number of benzene rings is 2. The molecule has 0 spiro atoms. The molecule has 0 aromatic heterocycles. The number of amides is 2. The summed E-state index contributed by atoms with van der Waals surface area (Å²) in [5.74, 6) is 0.264. The average molecular weight is 359 g/mol. The highest BCUT2D eigenvalue weighted by Crippen LogP contribution is 2.33. The fourth-order valence-corrected chi connectivity index (χ4v) is 3.12. The first kappa shape index (κ1) is 17.3. The number of hydrogen-bond acceptors (Lipinski definition) is 3. The monoisotopic (exact) mass is 358 g/mol. The minimum atomic E-state index is -0.294. The summed E-state index contributed by atoms with van der Waals surface area (Å²) in [4.78, 5) is 27.5. The maximum absolute atomic E-state index is 12.8. The standard InChI is InChI=1S/C19H19ClN2O3/c1-14-12-21(13-23)16-7-3-4-8-17(16)22(19(14)24)10-11-25-18-9-5-2-6-15(18)20/h2-9,13-14H,10-12H2,1H3. The van der Waals surface area contributed by atoms with Crippen LogP contribution in [0.3, 0.4) is 0 Å². The summed E-state index contributed by atoms with van der Waals surface area (Å²) in [5.41, 5.74) is 1.44. The second-order valence-corrected chi connectivity index (χ2v) is 6.32. The number of rotatable bonds is 5. The van der Waals surface area contributed by atoms with Crippen molar-refractivity contribution in [1.29, 1.82) is 0 Å². The van der Waals surface area contributed by atoms with E-state index in [4.69, 9.17) is 16.3 Å². The Morgan fingerprint density at radius 3 is 2.56 bits per heavy atom. The zero-order valence-electron chi connectivity index (χ0n) is 13.9. The molecule has 0 radical (unpaired) electrons. The van der Waals surface area contributed by atoms with E-state index in [1.54, 1.807) is 21.9 Å². The highest BCUT2D eigenvalue weighted by Gasteiger charge is 2.30. The van der Waals surface area contributed by atoms with E-state index in [0.717, 1.165) is 12.1 Å². The number of carbonyl (C=O) groups is 2. The van der Waals surface area contributed by atoms with Gasteiger partial charge in [-0.2, -0.15) is 0 Å². The van der Waals surface area contributed by atoms with Gasteiger partial charge in [0, 0.05) is 6.54 Å². The van der Waals surface area contributed by atoms with E-state index in [9.17, 15) is 9.59 Å². The van der Waals surface area contributed by atoms with Gasteiger partial charge in [0.15, 0.2) is 0 Å². The van der Waals surface area contributed by atoms with Gasteiger partial charge in [0.2, 0.25) is 12.3 Å². The Morgan fingerprint density at radius 2 is 1.84 bits per heavy atom. The largest absolute Gasteiger partial charge is 0.490 e. The molecule has 0 N–H and O–H groups in total. The number of hydrogen-bond donors (Lipinski definition) is 0. The molecule has 5 nitrogen and oxygen atoms in total. The zero-order chi connectivity index (χ0) is 17.8. The molecule has 25 heavy (non-hydrogen) atoms. The number of fused-ring (bicyclic) bond motifs is 1. The van der Waals surface area contributed by atoms with E-state index in [0.29, 0.717) is 36.2 Å². The van der Waals surface area contributed by atoms with Crippen LogP contribution in [0.15, 0.2) is 48.5 Å². The van der Waals surface area contributed by atoms with Gasteiger partial charge in [0.05, 0.1) is 28.9 Å². The first-order valence-corrected chi connectivity index (χ1v) is 8.49. The van der Waals surface area contributed by atoms with Gasteiger partial charge in [0.1, 0.15) is 12.4 Å². The maximum atomic E-state index is 12.8. The molecule has 0 aliphatic carbocycles. The molecule has 1 atom stereocenters. The maximum Gasteiger partial charge on any atom is 0.231 e. The lowest BCUT2D eigenvalue weighted by Crippen LogP contribution is -2.38. The number of anilines is 2. The third kappa shape index (κ3) is 3.61. The van der Waals surface area contributed by atoms with Gasteiger partial charge in [-0.25, -0.2) is 0 Å². The highest BCUT2D eigenvalue weighted by molar-refractivity contribution is 6.32. The smallest absolute Gasteiger partial charge is 0.231 e. The number of halogens is 1. The minimum Gasteiger partial charge on any atom is -0.490 e. The van der Waals surface area contributed by atoms with Gasteiger partial charge in [-0.05, 0) is 24.3 Å². The van der Waals surface area contributed by atoms with Crippen LogP contribution < -0.4 is 14.5 Å². The van der Waals surface area contributed by atoms with Crippen molar-refractivity contribution in [3.8, 4) is 5.75 Å². The summed E-state index contributed by atoms with van der Waals surface area (Å²) in [6.45, 7) is 2.86. The summed E-state index contributed by atoms with van der Waals surface area (Å²) >= 11 is 6.09. The molecule has 1 aliphatic heterocycles. The van der Waals surface area contributed by atoms with Gasteiger partial charge >= 0.3 is 0 Å². The van der Waals surface area contributed by atoms with Crippen LogP contribution in [-0.4, -0.2) is 32.0 Å². The van der Waals surface area contributed by atoms with Crippen molar-refractivity contribution in [1.82, 2.24) is 0 Å². The van der Waals surface area contributed by atoms with E-state index in [2.05, 4.69) is 0 Å². The zero-order valence-corrected chi connectivity index (χ0v) is 14.6. The number of ether oxygens (including phenoxy) is 1. The minimum absolute atomic E-state index is 0.0282. The van der Waals surface area contributed by atoms with Gasteiger partial charge in [-0.15, -0.1) is 0 Å². The predicted molar refractivity (Wildman–Crippen MR) is 98.3 cm³/mol. The van der Waals surface area contributed by atoms with Crippen molar-refractivity contribution in [2.45, 2.75) is 6.92 Å². The van der Waals surface area contributed by atoms with E-state index in [1.807, 2.05) is 43.3 Å². The highest BCUT2D eigenvalue weighted by atomic mass is 35.5. The van der Waals surface area contributed by atoms with Crippen LogP contribution >= 0.6 is 11.6 Å². The number of carbonyl (C=O) groups excluding carboxylic acids is 2.